The minimum Gasteiger partial charge on any atom is -0.377 e. The maximum Gasteiger partial charge on any atom is 0.262 e. The van der Waals surface area contributed by atoms with Crippen LogP contribution in [0.4, 0.5) is 17.1 Å². The fourth-order valence-corrected chi connectivity index (χ4v) is 4.67. The molecule has 0 aliphatic carbocycles. The maximum absolute atomic E-state index is 13.2. The lowest BCUT2D eigenvalue weighted by Gasteiger charge is -2.28. The third-order valence-electron chi connectivity index (χ3n) is 5.36. The predicted molar refractivity (Wildman–Crippen MR) is 131 cm³/mol. The molecule has 0 aromatic heterocycles. The van der Waals surface area contributed by atoms with Gasteiger partial charge in [0.15, 0.2) is 0 Å². The van der Waals surface area contributed by atoms with Crippen LogP contribution in [0.25, 0.3) is 10.8 Å². The van der Waals surface area contributed by atoms with Crippen molar-refractivity contribution in [3.05, 3.63) is 60.7 Å². The Labute approximate surface area is 193 Å². The Morgan fingerprint density at radius 1 is 1.03 bits per heavy atom. The van der Waals surface area contributed by atoms with Crippen molar-refractivity contribution in [2.24, 2.45) is 10.5 Å². The molecule has 3 rings (SSSR count). The highest BCUT2D eigenvalue weighted by molar-refractivity contribution is 7.93. The fraction of sp³-hybridized carbons (Fsp3) is 0.304. The first-order valence-corrected chi connectivity index (χ1v) is 11.8. The summed E-state index contributed by atoms with van der Waals surface area (Å²) in [7, 11) is 0.00538. The lowest BCUT2D eigenvalue weighted by molar-refractivity contribution is 0.0794. The number of nitrogens with zero attached hydrogens (tertiary/aromatic N) is 3. The molecule has 0 amide bonds. The quantitative estimate of drug-likeness (QED) is 0.214. The van der Waals surface area contributed by atoms with Gasteiger partial charge in [0, 0.05) is 47.3 Å². The zero-order chi connectivity index (χ0) is 24.2. The van der Waals surface area contributed by atoms with Gasteiger partial charge in [0.2, 0.25) is 4.91 Å². The number of sulfonamides is 1. The standard InChI is InChI=1S/C23H28N6O3S/c1-23(2,15-25-28-24)22(30)26-16-11-13-17(14-12-16)27-33(31,32)21-10-6-7-18-19(21)8-5-9-20(18)29(3)4/h5-14,22,30H,15H2,1-4H3,(H2,24,25)/p+1. The normalized spacial score (nSPS) is 12.6. The van der Waals surface area contributed by atoms with Crippen molar-refractivity contribution in [2.45, 2.75) is 25.0 Å². The largest absolute Gasteiger partial charge is 0.377 e. The molecule has 10 heteroatoms. The Kier molecular flexibility index (Phi) is 7.02. The molecular formula is C23H29N6O3S+. The first-order valence-electron chi connectivity index (χ1n) is 10.3. The summed E-state index contributed by atoms with van der Waals surface area (Å²) >= 11 is 0. The summed E-state index contributed by atoms with van der Waals surface area (Å²) in [6, 6.07) is 17.4. The van der Waals surface area contributed by atoms with Crippen LogP contribution in [0.15, 0.2) is 70.7 Å². The van der Waals surface area contributed by atoms with Crippen molar-refractivity contribution in [3.8, 4) is 0 Å². The summed E-state index contributed by atoms with van der Waals surface area (Å²) in [5.41, 5.74) is 8.08. The van der Waals surface area contributed by atoms with E-state index < -0.39 is 21.7 Å². The van der Waals surface area contributed by atoms with Crippen molar-refractivity contribution in [1.82, 2.24) is 4.91 Å². The Hall–Kier alpha value is -3.46. The van der Waals surface area contributed by atoms with E-state index in [9.17, 15) is 13.5 Å². The number of aliphatic hydroxyl groups is 1. The topological polar surface area (TPSA) is 132 Å². The van der Waals surface area contributed by atoms with Crippen molar-refractivity contribution in [3.63, 3.8) is 0 Å². The second-order valence-electron chi connectivity index (χ2n) is 8.64. The molecule has 1 unspecified atom stereocenters. The number of hydrogen-bond donors (Lipinski definition) is 4. The van der Waals surface area contributed by atoms with Gasteiger partial charge in [-0.15, -0.1) is 0 Å². The SMILES string of the molecule is CN(C)c1cccc2c(S(=O)(=O)Nc3ccc(NC(O)C(C)(C)CN=[N+]=N)cc3)cccc12. The molecule has 0 aliphatic rings. The first kappa shape index (κ1) is 24.2. The second kappa shape index (κ2) is 9.58. The van der Waals surface area contributed by atoms with E-state index in [0.717, 1.165) is 11.1 Å². The molecule has 33 heavy (non-hydrogen) atoms. The average molecular weight is 470 g/mol. The number of nitrogens with one attached hydrogen (secondary N) is 3. The number of rotatable bonds is 9. The lowest BCUT2D eigenvalue weighted by atomic mass is 9.91. The van der Waals surface area contributed by atoms with Crippen LogP contribution >= 0.6 is 0 Å². The Morgan fingerprint density at radius 3 is 2.27 bits per heavy atom. The van der Waals surface area contributed by atoms with Crippen LogP contribution in [0.2, 0.25) is 0 Å². The van der Waals surface area contributed by atoms with E-state index in [1.165, 1.54) is 0 Å². The van der Waals surface area contributed by atoms with E-state index in [-0.39, 0.29) is 11.4 Å². The average Bonchev–Trinajstić information content (AvgIpc) is 2.77. The molecule has 0 fully saturated rings. The van der Waals surface area contributed by atoms with Crippen LogP contribution in [-0.4, -0.2) is 40.4 Å². The minimum absolute atomic E-state index is 0.184. The molecule has 9 nitrogen and oxygen atoms in total. The Balaban J connectivity index is 1.81. The van der Waals surface area contributed by atoms with Gasteiger partial charge in [-0.05, 0) is 36.4 Å². The van der Waals surface area contributed by atoms with Gasteiger partial charge in [0.05, 0.1) is 4.90 Å². The van der Waals surface area contributed by atoms with Gasteiger partial charge in [-0.25, -0.2) is 8.42 Å². The highest BCUT2D eigenvalue weighted by Crippen LogP contribution is 2.31. The van der Waals surface area contributed by atoms with Crippen LogP contribution in [-0.2, 0) is 10.0 Å². The van der Waals surface area contributed by atoms with Crippen molar-refractivity contribution >= 4 is 37.9 Å². The third-order valence-corrected chi connectivity index (χ3v) is 6.80. The number of fused-ring (bicyclic) bond motifs is 1. The van der Waals surface area contributed by atoms with Crippen LogP contribution in [0.3, 0.4) is 0 Å². The van der Waals surface area contributed by atoms with Gasteiger partial charge in [-0.1, -0.05) is 38.1 Å². The molecule has 3 aromatic rings. The summed E-state index contributed by atoms with van der Waals surface area (Å²) in [6.45, 7) is 3.78. The summed E-state index contributed by atoms with van der Waals surface area (Å²) in [5.74, 6) is 0. The molecule has 4 N–H and O–H groups in total. The molecular weight excluding hydrogens is 440 g/mol. The number of aliphatic hydroxyl groups excluding tert-OH is 1. The van der Waals surface area contributed by atoms with Gasteiger partial charge in [0.1, 0.15) is 23.4 Å². The molecule has 0 bridgehead atoms. The molecule has 0 aliphatic heterocycles. The van der Waals surface area contributed by atoms with Crippen LogP contribution in [0.5, 0.6) is 0 Å². The summed E-state index contributed by atoms with van der Waals surface area (Å²) < 4.78 is 29.0. The van der Waals surface area contributed by atoms with Gasteiger partial charge in [-0.3, -0.25) is 4.72 Å². The molecule has 1 atom stereocenters. The summed E-state index contributed by atoms with van der Waals surface area (Å²) in [5, 5.41) is 18.5. The van der Waals surface area contributed by atoms with E-state index in [1.807, 2.05) is 37.2 Å². The van der Waals surface area contributed by atoms with Gasteiger partial charge < -0.3 is 15.3 Å². The van der Waals surface area contributed by atoms with Gasteiger partial charge in [0.25, 0.3) is 10.0 Å². The molecule has 0 saturated carbocycles. The highest BCUT2D eigenvalue weighted by atomic mass is 32.2. The monoisotopic (exact) mass is 469 g/mol. The van der Waals surface area contributed by atoms with E-state index >= 15 is 0 Å². The summed E-state index contributed by atoms with van der Waals surface area (Å²) in [6.07, 6.45) is -0.938. The molecule has 0 saturated heterocycles. The van der Waals surface area contributed by atoms with Gasteiger partial charge in [-0.2, -0.15) is 0 Å². The maximum atomic E-state index is 13.2. The smallest absolute Gasteiger partial charge is 0.262 e. The Bertz CT molecular complexity index is 1280. The van der Waals surface area contributed by atoms with E-state index in [2.05, 4.69) is 20.1 Å². The van der Waals surface area contributed by atoms with Crippen LogP contribution < -0.4 is 19.9 Å². The van der Waals surface area contributed by atoms with E-state index in [4.69, 9.17) is 5.53 Å². The number of hydrogen-bond acceptors (Lipinski definition) is 7. The van der Waals surface area contributed by atoms with Crippen molar-refractivity contribution in [2.75, 3.05) is 35.6 Å². The number of anilines is 3. The van der Waals surface area contributed by atoms with Crippen molar-refractivity contribution < 1.29 is 13.5 Å². The third kappa shape index (κ3) is 5.48. The van der Waals surface area contributed by atoms with Crippen molar-refractivity contribution in [1.29, 1.82) is 5.53 Å². The predicted octanol–water partition coefficient (Wildman–Crippen LogP) is 4.01. The lowest BCUT2D eigenvalue weighted by Crippen LogP contribution is -2.38. The number of benzene rings is 3. The van der Waals surface area contributed by atoms with Crippen LogP contribution in [0, 0.1) is 10.9 Å². The van der Waals surface area contributed by atoms with E-state index in [1.54, 1.807) is 56.3 Å². The summed E-state index contributed by atoms with van der Waals surface area (Å²) in [4.78, 5) is 5.13. The Morgan fingerprint density at radius 2 is 1.64 bits per heavy atom. The first-order chi connectivity index (χ1) is 15.5. The zero-order valence-corrected chi connectivity index (χ0v) is 19.9. The zero-order valence-electron chi connectivity index (χ0n) is 19.1. The van der Waals surface area contributed by atoms with Crippen LogP contribution in [0.1, 0.15) is 13.8 Å². The molecule has 0 spiro atoms. The van der Waals surface area contributed by atoms with E-state index in [0.29, 0.717) is 16.8 Å². The molecule has 174 valence electrons. The highest BCUT2D eigenvalue weighted by Gasteiger charge is 2.30. The fourth-order valence-electron chi connectivity index (χ4n) is 3.39. The second-order valence-corrected chi connectivity index (χ2v) is 10.3. The minimum atomic E-state index is -3.83. The molecule has 0 heterocycles. The van der Waals surface area contributed by atoms with Gasteiger partial charge >= 0.3 is 0 Å². The molecule has 3 aromatic carbocycles. The molecule has 0 radical (unpaired) electrons.